The first-order valence-corrected chi connectivity index (χ1v) is 8.59. The van der Waals surface area contributed by atoms with Crippen LogP contribution in [0.5, 0.6) is 11.5 Å². The number of nitrogens with zero attached hydrogens (tertiary/aromatic N) is 1. The van der Waals surface area contributed by atoms with E-state index < -0.39 is 6.10 Å². The molecule has 0 radical (unpaired) electrons. The maximum absolute atomic E-state index is 12.9. The van der Waals surface area contributed by atoms with Crippen LogP contribution in [0.15, 0.2) is 24.3 Å². The number of fused-ring (bicyclic) bond motifs is 1. The lowest BCUT2D eigenvalue weighted by atomic mass is 9.78. The molecule has 1 amide bonds. The summed E-state index contributed by atoms with van der Waals surface area (Å²) in [6.45, 7) is 5.78. The number of carbonyl (C=O) groups excluding carboxylic acids is 1. The quantitative estimate of drug-likeness (QED) is 0.859. The second-order valence-electron chi connectivity index (χ2n) is 7.06. The first-order valence-electron chi connectivity index (χ1n) is 8.59. The van der Waals surface area contributed by atoms with E-state index in [9.17, 15) is 4.79 Å². The van der Waals surface area contributed by atoms with Gasteiger partial charge in [-0.3, -0.25) is 4.79 Å². The van der Waals surface area contributed by atoms with E-state index in [0.29, 0.717) is 11.2 Å². The minimum atomic E-state index is -0.541. The summed E-state index contributed by atoms with van der Waals surface area (Å²) in [6.07, 6.45) is 2.61. The largest absolute Gasteiger partial charge is 0.482 e. The Labute approximate surface area is 136 Å². The predicted octanol–water partition coefficient (Wildman–Crippen LogP) is 1.82. The van der Waals surface area contributed by atoms with Gasteiger partial charge in [0.25, 0.3) is 5.91 Å². The van der Waals surface area contributed by atoms with E-state index in [-0.39, 0.29) is 12.0 Å². The zero-order chi connectivity index (χ0) is 15.9. The molecule has 0 saturated carbocycles. The van der Waals surface area contributed by atoms with Gasteiger partial charge in [-0.1, -0.05) is 12.1 Å². The lowest BCUT2D eigenvalue weighted by molar-refractivity contribution is -0.146. The Bertz CT molecular complexity index is 588. The maximum Gasteiger partial charge on any atom is 0.267 e. The minimum absolute atomic E-state index is 0.0628. The monoisotopic (exact) mass is 316 g/mol. The fourth-order valence-corrected chi connectivity index (χ4v) is 3.99. The number of amides is 1. The van der Waals surface area contributed by atoms with E-state index in [0.717, 1.165) is 44.8 Å². The number of benzene rings is 1. The molecule has 5 nitrogen and oxygen atoms in total. The van der Waals surface area contributed by atoms with E-state index in [1.165, 1.54) is 6.42 Å². The number of hydrogen-bond acceptors (Lipinski definition) is 4. The van der Waals surface area contributed by atoms with Crippen molar-refractivity contribution in [1.82, 2.24) is 10.2 Å². The fourth-order valence-electron chi connectivity index (χ4n) is 3.99. The number of carbonyl (C=O) groups is 1. The van der Waals surface area contributed by atoms with Crippen LogP contribution in [0.3, 0.4) is 0 Å². The molecule has 1 aromatic carbocycles. The third kappa shape index (κ3) is 2.67. The van der Waals surface area contributed by atoms with Crippen LogP contribution in [0.1, 0.15) is 26.2 Å². The van der Waals surface area contributed by atoms with Gasteiger partial charge in [-0.2, -0.15) is 0 Å². The van der Waals surface area contributed by atoms with Crippen molar-refractivity contribution in [3.63, 3.8) is 0 Å². The summed E-state index contributed by atoms with van der Waals surface area (Å²) < 4.78 is 11.8. The highest BCUT2D eigenvalue weighted by atomic mass is 16.6. The van der Waals surface area contributed by atoms with Crippen LogP contribution >= 0.6 is 0 Å². The molecule has 2 atom stereocenters. The molecule has 3 heterocycles. The molecule has 4 rings (SSSR count). The zero-order valence-electron chi connectivity index (χ0n) is 13.6. The van der Waals surface area contributed by atoms with Crippen LogP contribution in [-0.2, 0) is 4.79 Å². The Kier molecular flexibility index (Phi) is 3.68. The van der Waals surface area contributed by atoms with Gasteiger partial charge < -0.3 is 19.7 Å². The van der Waals surface area contributed by atoms with Gasteiger partial charge in [-0.15, -0.1) is 0 Å². The average Bonchev–Trinajstić information content (AvgIpc) is 3.02. The molecule has 1 aromatic rings. The summed E-state index contributed by atoms with van der Waals surface area (Å²) >= 11 is 0. The molecule has 3 aliphatic rings. The summed E-state index contributed by atoms with van der Waals surface area (Å²) in [5, 5.41) is 3.46. The standard InChI is InChI=1S/C18H24N2O3/c1-13-16(23-15-5-3-2-4-14(15)22-13)17(21)20-10-7-18(8-11-20)6-9-19-12-18/h2-5,13,16,19H,6-12H2,1H3. The Morgan fingerprint density at radius 3 is 2.52 bits per heavy atom. The van der Waals surface area contributed by atoms with E-state index in [1.54, 1.807) is 0 Å². The maximum atomic E-state index is 12.9. The van der Waals surface area contributed by atoms with Crippen molar-refractivity contribution in [2.75, 3.05) is 26.2 Å². The van der Waals surface area contributed by atoms with Gasteiger partial charge in [0.1, 0.15) is 6.10 Å². The van der Waals surface area contributed by atoms with Crippen LogP contribution in [-0.4, -0.2) is 49.2 Å². The number of ether oxygens (including phenoxy) is 2. The van der Waals surface area contributed by atoms with Gasteiger partial charge in [0, 0.05) is 19.6 Å². The topological polar surface area (TPSA) is 50.8 Å². The first-order chi connectivity index (χ1) is 11.2. The van der Waals surface area contributed by atoms with E-state index in [2.05, 4.69) is 5.32 Å². The van der Waals surface area contributed by atoms with Crippen molar-refractivity contribution in [3.8, 4) is 11.5 Å². The number of para-hydroxylation sites is 2. The summed E-state index contributed by atoms with van der Waals surface area (Å²) in [5.41, 5.74) is 0.416. The van der Waals surface area contributed by atoms with E-state index in [4.69, 9.17) is 9.47 Å². The number of nitrogens with one attached hydrogen (secondary N) is 1. The Hall–Kier alpha value is -1.75. The summed E-state index contributed by atoms with van der Waals surface area (Å²) in [7, 11) is 0. The van der Waals surface area contributed by atoms with Crippen LogP contribution in [0.4, 0.5) is 0 Å². The normalized spacial score (nSPS) is 28.8. The molecule has 1 spiro atoms. The molecule has 0 bridgehead atoms. The average molecular weight is 316 g/mol. The Balaban J connectivity index is 1.43. The van der Waals surface area contributed by atoms with Gasteiger partial charge in [0.05, 0.1) is 0 Å². The number of rotatable bonds is 1. The van der Waals surface area contributed by atoms with Crippen molar-refractivity contribution in [2.45, 2.75) is 38.4 Å². The van der Waals surface area contributed by atoms with E-state index >= 15 is 0 Å². The lowest BCUT2D eigenvalue weighted by Crippen LogP contribution is -2.53. The molecule has 124 valence electrons. The number of likely N-dealkylation sites (tertiary alicyclic amines) is 1. The highest BCUT2D eigenvalue weighted by Crippen LogP contribution is 2.38. The SMILES string of the molecule is CC1Oc2ccccc2OC1C(=O)N1CCC2(CCNC2)CC1. The molecule has 0 aliphatic carbocycles. The van der Waals surface area contributed by atoms with Gasteiger partial charge >= 0.3 is 0 Å². The van der Waals surface area contributed by atoms with Gasteiger partial charge in [-0.05, 0) is 50.3 Å². The first kappa shape index (κ1) is 14.8. The molecule has 5 heteroatoms. The fraction of sp³-hybridized carbons (Fsp3) is 0.611. The van der Waals surface area contributed by atoms with Crippen LogP contribution in [0.2, 0.25) is 0 Å². The van der Waals surface area contributed by atoms with Crippen LogP contribution in [0.25, 0.3) is 0 Å². The molecule has 23 heavy (non-hydrogen) atoms. The Morgan fingerprint density at radius 2 is 1.87 bits per heavy atom. The summed E-state index contributed by atoms with van der Waals surface area (Å²) in [6, 6.07) is 7.55. The molecule has 2 fully saturated rings. The second-order valence-corrected chi connectivity index (χ2v) is 7.06. The summed E-state index contributed by atoms with van der Waals surface area (Å²) in [5.74, 6) is 1.45. The number of hydrogen-bond donors (Lipinski definition) is 1. The van der Waals surface area contributed by atoms with Gasteiger partial charge in [-0.25, -0.2) is 0 Å². The van der Waals surface area contributed by atoms with Gasteiger partial charge in [0.2, 0.25) is 6.10 Å². The summed E-state index contributed by atoms with van der Waals surface area (Å²) in [4.78, 5) is 14.8. The zero-order valence-corrected chi connectivity index (χ0v) is 13.6. The minimum Gasteiger partial charge on any atom is -0.482 e. The third-order valence-electron chi connectivity index (χ3n) is 5.55. The number of piperidine rings is 1. The van der Waals surface area contributed by atoms with Gasteiger partial charge in [0.15, 0.2) is 11.5 Å². The molecule has 1 N–H and O–H groups in total. The second kappa shape index (κ2) is 5.71. The van der Waals surface area contributed by atoms with E-state index in [1.807, 2.05) is 36.1 Å². The molecular weight excluding hydrogens is 292 g/mol. The van der Waals surface area contributed by atoms with Crippen LogP contribution < -0.4 is 14.8 Å². The van der Waals surface area contributed by atoms with Crippen molar-refractivity contribution < 1.29 is 14.3 Å². The molecule has 2 saturated heterocycles. The van der Waals surface area contributed by atoms with Crippen molar-refractivity contribution in [1.29, 1.82) is 0 Å². The molecule has 3 aliphatic heterocycles. The molecular formula is C18H24N2O3. The molecule has 0 aromatic heterocycles. The van der Waals surface area contributed by atoms with Crippen molar-refractivity contribution in [2.24, 2.45) is 5.41 Å². The lowest BCUT2D eigenvalue weighted by Gasteiger charge is -2.41. The highest BCUT2D eigenvalue weighted by Gasteiger charge is 2.42. The Morgan fingerprint density at radius 1 is 1.17 bits per heavy atom. The third-order valence-corrected chi connectivity index (χ3v) is 5.55. The van der Waals surface area contributed by atoms with Crippen LogP contribution in [0, 0.1) is 5.41 Å². The smallest absolute Gasteiger partial charge is 0.267 e. The predicted molar refractivity (Wildman–Crippen MR) is 86.7 cm³/mol. The van der Waals surface area contributed by atoms with Crippen molar-refractivity contribution in [3.05, 3.63) is 24.3 Å². The molecule has 2 unspecified atom stereocenters. The highest BCUT2D eigenvalue weighted by molar-refractivity contribution is 5.82. The van der Waals surface area contributed by atoms with Crippen molar-refractivity contribution >= 4 is 5.91 Å².